The maximum absolute atomic E-state index is 11.4. The molecule has 1 fully saturated rings. The van der Waals surface area contributed by atoms with Gasteiger partial charge in [0.05, 0.1) is 17.2 Å². The van der Waals surface area contributed by atoms with Crippen LogP contribution in [0.3, 0.4) is 0 Å². The summed E-state index contributed by atoms with van der Waals surface area (Å²) in [6.45, 7) is 0. The zero-order valence-electron chi connectivity index (χ0n) is 10.8. The van der Waals surface area contributed by atoms with Crippen molar-refractivity contribution in [2.45, 2.75) is 37.6 Å². The second-order valence-electron chi connectivity index (χ2n) is 5.35. The van der Waals surface area contributed by atoms with E-state index in [9.17, 15) is 18.3 Å². The van der Waals surface area contributed by atoms with E-state index in [0.29, 0.717) is 23.7 Å². The summed E-state index contributed by atoms with van der Waals surface area (Å²) in [4.78, 5) is 16.6. The number of aliphatic carboxylic acids is 1. The average Bonchev–Trinajstić information content (AvgIpc) is 2.91. The molecule has 0 radical (unpaired) electrons. The molecule has 2 unspecified atom stereocenters. The number of aryl methyl sites for hydroxylation is 1. The number of hydrogen-bond donors (Lipinski definition) is 2. The summed E-state index contributed by atoms with van der Waals surface area (Å²) in [5.41, 5.74) is 0.664. The van der Waals surface area contributed by atoms with Crippen molar-refractivity contribution >= 4 is 32.3 Å². The number of carboxylic acids is 1. The largest absolute Gasteiger partial charge is 0.481 e. The van der Waals surface area contributed by atoms with Crippen LogP contribution >= 0.6 is 11.3 Å². The van der Waals surface area contributed by atoms with Gasteiger partial charge < -0.3 is 10.4 Å². The molecule has 8 heteroatoms. The average molecular weight is 316 g/mol. The van der Waals surface area contributed by atoms with Crippen LogP contribution in [0.4, 0.5) is 5.13 Å². The molecular formula is C12H16N2O4S2. The Morgan fingerprint density at radius 1 is 1.40 bits per heavy atom. The van der Waals surface area contributed by atoms with Gasteiger partial charge in [0.1, 0.15) is 5.92 Å². The van der Waals surface area contributed by atoms with Crippen molar-refractivity contribution in [3.05, 3.63) is 10.6 Å². The van der Waals surface area contributed by atoms with Crippen LogP contribution in [0.2, 0.25) is 0 Å². The van der Waals surface area contributed by atoms with Gasteiger partial charge in [-0.3, -0.25) is 4.79 Å². The molecule has 1 saturated heterocycles. The topological polar surface area (TPSA) is 96.4 Å². The molecule has 2 N–H and O–H groups in total. The Bertz CT molecular complexity index is 638. The summed E-state index contributed by atoms with van der Waals surface area (Å²) in [6, 6.07) is -0.101. The monoisotopic (exact) mass is 316 g/mol. The van der Waals surface area contributed by atoms with E-state index in [1.807, 2.05) is 0 Å². The number of fused-ring (bicyclic) bond motifs is 1. The third kappa shape index (κ3) is 2.67. The van der Waals surface area contributed by atoms with Gasteiger partial charge in [-0.15, -0.1) is 11.3 Å². The molecule has 0 spiro atoms. The number of sulfone groups is 1. The van der Waals surface area contributed by atoms with Crippen LogP contribution in [-0.4, -0.2) is 42.0 Å². The lowest BCUT2D eigenvalue weighted by Crippen LogP contribution is -2.20. The van der Waals surface area contributed by atoms with E-state index in [2.05, 4.69) is 10.3 Å². The standard InChI is InChI=1S/C12H16N2O4S2/c15-11(16)8-2-1-3-9-10(8)14-12(19-9)13-7-4-5-20(17,18)6-7/h7-8H,1-6H2,(H,13,14)(H,15,16). The maximum atomic E-state index is 11.4. The van der Waals surface area contributed by atoms with Gasteiger partial charge in [0.2, 0.25) is 0 Å². The van der Waals surface area contributed by atoms with E-state index in [-0.39, 0.29) is 17.5 Å². The number of thiazole rings is 1. The quantitative estimate of drug-likeness (QED) is 0.871. The lowest BCUT2D eigenvalue weighted by atomic mass is 9.91. The molecule has 1 aromatic heterocycles. The highest BCUT2D eigenvalue weighted by molar-refractivity contribution is 7.91. The summed E-state index contributed by atoms with van der Waals surface area (Å²) in [5.74, 6) is -0.989. The van der Waals surface area contributed by atoms with Crippen LogP contribution in [0, 0.1) is 0 Å². The molecule has 1 aliphatic heterocycles. The minimum atomic E-state index is -2.92. The van der Waals surface area contributed by atoms with Gasteiger partial charge in [0.25, 0.3) is 0 Å². The van der Waals surface area contributed by atoms with Crippen molar-refractivity contribution in [2.75, 3.05) is 16.8 Å². The molecule has 1 aliphatic carbocycles. The number of aromatic nitrogens is 1. The molecule has 2 aliphatic rings. The number of nitrogens with zero attached hydrogens (tertiary/aromatic N) is 1. The van der Waals surface area contributed by atoms with Crippen molar-refractivity contribution in [1.29, 1.82) is 0 Å². The minimum Gasteiger partial charge on any atom is -0.481 e. The number of carboxylic acid groups (broad SMARTS) is 1. The van der Waals surface area contributed by atoms with E-state index in [1.54, 1.807) is 0 Å². The lowest BCUT2D eigenvalue weighted by molar-refractivity contribution is -0.139. The number of hydrogen-bond acceptors (Lipinski definition) is 6. The smallest absolute Gasteiger partial charge is 0.312 e. The number of nitrogens with one attached hydrogen (secondary N) is 1. The van der Waals surface area contributed by atoms with Gasteiger partial charge >= 0.3 is 5.97 Å². The first-order chi connectivity index (χ1) is 9.44. The van der Waals surface area contributed by atoms with Crippen molar-refractivity contribution in [1.82, 2.24) is 4.98 Å². The van der Waals surface area contributed by atoms with E-state index in [4.69, 9.17) is 0 Å². The zero-order valence-corrected chi connectivity index (χ0v) is 12.5. The molecule has 0 aromatic carbocycles. The third-order valence-corrected chi connectivity index (χ3v) is 6.64. The molecule has 1 aromatic rings. The van der Waals surface area contributed by atoms with Gasteiger partial charge in [0, 0.05) is 10.9 Å². The molecule has 0 bridgehead atoms. The second kappa shape index (κ2) is 5.00. The lowest BCUT2D eigenvalue weighted by Gasteiger charge is -2.16. The first-order valence-electron chi connectivity index (χ1n) is 6.64. The van der Waals surface area contributed by atoms with Gasteiger partial charge in [0.15, 0.2) is 15.0 Å². The van der Waals surface area contributed by atoms with E-state index in [0.717, 1.165) is 17.7 Å². The summed E-state index contributed by atoms with van der Waals surface area (Å²) in [6.07, 6.45) is 2.95. The second-order valence-corrected chi connectivity index (χ2v) is 8.67. The number of carbonyl (C=O) groups is 1. The number of anilines is 1. The molecular weight excluding hydrogens is 300 g/mol. The molecule has 110 valence electrons. The maximum Gasteiger partial charge on any atom is 0.312 e. The number of rotatable bonds is 3. The zero-order chi connectivity index (χ0) is 14.3. The van der Waals surface area contributed by atoms with Gasteiger partial charge in [-0.1, -0.05) is 0 Å². The van der Waals surface area contributed by atoms with Crippen molar-refractivity contribution in [3.8, 4) is 0 Å². The molecule has 3 rings (SSSR count). The third-order valence-electron chi connectivity index (χ3n) is 3.81. The summed E-state index contributed by atoms with van der Waals surface area (Å²) >= 11 is 1.46. The molecule has 6 nitrogen and oxygen atoms in total. The highest BCUT2D eigenvalue weighted by atomic mass is 32.2. The first-order valence-corrected chi connectivity index (χ1v) is 9.28. The summed E-state index contributed by atoms with van der Waals surface area (Å²) < 4.78 is 22.9. The Morgan fingerprint density at radius 3 is 2.85 bits per heavy atom. The Hall–Kier alpha value is -1.15. The van der Waals surface area contributed by atoms with Crippen LogP contribution < -0.4 is 5.32 Å². The molecule has 20 heavy (non-hydrogen) atoms. The SMILES string of the molecule is O=C(O)C1CCCc2sc(NC3CCS(=O)(=O)C3)nc21. The van der Waals surface area contributed by atoms with Crippen LogP contribution in [0.15, 0.2) is 0 Å². The van der Waals surface area contributed by atoms with Gasteiger partial charge in [-0.2, -0.15) is 0 Å². The van der Waals surface area contributed by atoms with Crippen LogP contribution in [0.1, 0.15) is 35.8 Å². The minimum absolute atomic E-state index is 0.101. The predicted octanol–water partition coefficient (Wildman–Crippen LogP) is 1.25. The van der Waals surface area contributed by atoms with Crippen LogP contribution in [0.5, 0.6) is 0 Å². The molecule has 2 atom stereocenters. The Balaban J connectivity index is 1.78. The van der Waals surface area contributed by atoms with Crippen molar-refractivity contribution < 1.29 is 18.3 Å². The fraction of sp³-hybridized carbons (Fsp3) is 0.667. The van der Waals surface area contributed by atoms with E-state index in [1.165, 1.54) is 11.3 Å². The van der Waals surface area contributed by atoms with Crippen LogP contribution in [0.25, 0.3) is 0 Å². The van der Waals surface area contributed by atoms with E-state index >= 15 is 0 Å². The Morgan fingerprint density at radius 2 is 2.20 bits per heavy atom. The molecule has 2 heterocycles. The van der Waals surface area contributed by atoms with Gasteiger partial charge in [-0.05, 0) is 25.7 Å². The summed E-state index contributed by atoms with van der Waals surface area (Å²) in [5, 5.41) is 13.0. The van der Waals surface area contributed by atoms with E-state index < -0.39 is 21.7 Å². The van der Waals surface area contributed by atoms with Crippen molar-refractivity contribution in [2.24, 2.45) is 0 Å². The highest BCUT2D eigenvalue weighted by Crippen LogP contribution is 2.37. The molecule has 0 amide bonds. The predicted molar refractivity (Wildman–Crippen MR) is 76.1 cm³/mol. The van der Waals surface area contributed by atoms with Gasteiger partial charge in [-0.25, -0.2) is 13.4 Å². The first kappa shape index (κ1) is 13.8. The fourth-order valence-electron chi connectivity index (χ4n) is 2.80. The summed E-state index contributed by atoms with van der Waals surface area (Å²) in [7, 11) is -2.92. The Kier molecular flexibility index (Phi) is 3.45. The van der Waals surface area contributed by atoms with Crippen LogP contribution in [-0.2, 0) is 21.1 Å². The normalized spacial score (nSPS) is 28.0. The molecule has 0 saturated carbocycles. The van der Waals surface area contributed by atoms with Crippen molar-refractivity contribution in [3.63, 3.8) is 0 Å². The highest BCUT2D eigenvalue weighted by Gasteiger charge is 2.32. The Labute approximate surface area is 121 Å². The fourth-order valence-corrected chi connectivity index (χ4v) is 5.62.